The second-order valence-corrected chi connectivity index (χ2v) is 6.28. The van der Waals surface area contributed by atoms with Gasteiger partial charge in [0, 0.05) is 37.2 Å². The van der Waals surface area contributed by atoms with Crippen molar-refractivity contribution >= 4 is 11.6 Å². The van der Waals surface area contributed by atoms with Gasteiger partial charge < -0.3 is 14.8 Å². The molecule has 2 atom stereocenters. The Kier molecular flexibility index (Phi) is 4.49. The topological polar surface area (TPSA) is 30.5 Å². The summed E-state index contributed by atoms with van der Waals surface area (Å²) in [5.41, 5.74) is 1.23. The van der Waals surface area contributed by atoms with Gasteiger partial charge >= 0.3 is 0 Å². The Morgan fingerprint density at radius 3 is 2.95 bits per heavy atom. The van der Waals surface area contributed by atoms with Crippen molar-refractivity contribution in [2.75, 3.05) is 19.8 Å². The van der Waals surface area contributed by atoms with Crippen LogP contribution >= 0.6 is 11.6 Å². The van der Waals surface area contributed by atoms with E-state index in [0.717, 1.165) is 55.7 Å². The van der Waals surface area contributed by atoms with Gasteiger partial charge in [-0.2, -0.15) is 0 Å². The average Bonchev–Trinajstić information content (AvgIpc) is 2.87. The first-order valence-corrected chi connectivity index (χ1v) is 7.86. The Labute approximate surface area is 125 Å². The minimum absolute atomic E-state index is 0.228. The molecule has 1 saturated heterocycles. The van der Waals surface area contributed by atoms with E-state index in [0.29, 0.717) is 6.04 Å². The van der Waals surface area contributed by atoms with E-state index >= 15 is 0 Å². The molecule has 4 heteroatoms. The highest BCUT2D eigenvalue weighted by Gasteiger charge is 2.25. The number of hydrogen-bond acceptors (Lipinski definition) is 3. The summed E-state index contributed by atoms with van der Waals surface area (Å²) >= 11 is 6.02. The van der Waals surface area contributed by atoms with Crippen molar-refractivity contribution in [1.82, 2.24) is 5.32 Å². The van der Waals surface area contributed by atoms with Crippen LogP contribution in [-0.4, -0.2) is 31.9 Å². The maximum Gasteiger partial charge on any atom is 0.123 e. The third-order valence-corrected chi connectivity index (χ3v) is 4.64. The Bertz CT molecular complexity index is 460. The Balaban J connectivity index is 1.48. The highest BCUT2D eigenvalue weighted by atomic mass is 35.5. The predicted octanol–water partition coefficient (Wildman–Crippen LogP) is 3.05. The number of fused-ring (bicyclic) bond motifs is 1. The van der Waals surface area contributed by atoms with E-state index in [1.165, 1.54) is 5.56 Å². The lowest BCUT2D eigenvalue weighted by atomic mass is 9.93. The summed E-state index contributed by atoms with van der Waals surface area (Å²) in [4.78, 5) is 0. The Morgan fingerprint density at radius 2 is 2.15 bits per heavy atom. The molecular formula is C16H22ClNO2. The zero-order valence-corrected chi connectivity index (χ0v) is 12.7. The lowest BCUT2D eigenvalue weighted by Gasteiger charge is -2.29. The van der Waals surface area contributed by atoms with Gasteiger partial charge in [0.15, 0.2) is 0 Å². The van der Waals surface area contributed by atoms with Gasteiger partial charge in [-0.1, -0.05) is 11.6 Å². The first-order chi connectivity index (χ1) is 9.72. The molecule has 0 saturated carbocycles. The van der Waals surface area contributed by atoms with Crippen molar-refractivity contribution < 1.29 is 9.47 Å². The number of hydrogen-bond donors (Lipinski definition) is 1. The molecular weight excluding hydrogens is 274 g/mol. The fourth-order valence-electron chi connectivity index (χ4n) is 3.10. The van der Waals surface area contributed by atoms with Crippen molar-refractivity contribution in [1.29, 1.82) is 0 Å². The summed E-state index contributed by atoms with van der Waals surface area (Å²) in [5, 5.41) is 4.42. The molecule has 3 rings (SSSR count). The van der Waals surface area contributed by atoms with Gasteiger partial charge in [-0.3, -0.25) is 0 Å². The van der Waals surface area contributed by atoms with Crippen molar-refractivity contribution in [3.63, 3.8) is 0 Å². The number of nitrogens with one attached hydrogen (secondary N) is 1. The third-order valence-electron chi connectivity index (χ3n) is 4.40. The first-order valence-electron chi connectivity index (χ1n) is 7.48. The van der Waals surface area contributed by atoms with Crippen LogP contribution in [0.1, 0.15) is 25.3 Å². The SMILES string of the molecule is CC(NCC1Cc2cc(Cl)ccc2O1)C1CCOCC1. The van der Waals surface area contributed by atoms with Crippen molar-refractivity contribution in [3.05, 3.63) is 28.8 Å². The second-order valence-electron chi connectivity index (χ2n) is 5.84. The monoisotopic (exact) mass is 295 g/mol. The van der Waals surface area contributed by atoms with Gasteiger partial charge in [-0.25, -0.2) is 0 Å². The van der Waals surface area contributed by atoms with Crippen LogP contribution in [0.25, 0.3) is 0 Å². The van der Waals surface area contributed by atoms with Gasteiger partial charge in [-0.05, 0) is 49.4 Å². The zero-order valence-electron chi connectivity index (χ0n) is 11.9. The molecule has 0 amide bonds. The highest BCUT2D eigenvalue weighted by Crippen LogP contribution is 2.31. The van der Waals surface area contributed by atoms with Gasteiger partial charge in [0.05, 0.1) is 0 Å². The van der Waals surface area contributed by atoms with Gasteiger partial charge in [0.2, 0.25) is 0 Å². The van der Waals surface area contributed by atoms with Crippen LogP contribution in [0.5, 0.6) is 5.75 Å². The Morgan fingerprint density at radius 1 is 1.35 bits per heavy atom. The molecule has 0 aliphatic carbocycles. The van der Waals surface area contributed by atoms with Crippen LogP contribution < -0.4 is 10.1 Å². The summed E-state index contributed by atoms with van der Waals surface area (Å²) in [6.07, 6.45) is 3.50. The summed E-state index contributed by atoms with van der Waals surface area (Å²) in [7, 11) is 0. The van der Waals surface area contributed by atoms with Crippen LogP contribution in [0.15, 0.2) is 18.2 Å². The first kappa shape index (κ1) is 14.2. The quantitative estimate of drug-likeness (QED) is 0.926. The fourth-order valence-corrected chi connectivity index (χ4v) is 3.30. The standard InChI is InChI=1S/C16H22ClNO2/c1-11(12-4-6-19-7-5-12)18-10-15-9-13-8-14(17)2-3-16(13)20-15/h2-3,8,11-12,15,18H,4-7,9-10H2,1H3. The molecule has 0 spiro atoms. The van der Waals surface area contributed by atoms with E-state index in [9.17, 15) is 0 Å². The molecule has 2 unspecified atom stereocenters. The molecule has 0 bridgehead atoms. The van der Waals surface area contributed by atoms with Crippen molar-refractivity contribution in [3.8, 4) is 5.75 Å². The van der Waals surface area contributed by atoms with Crippen LogP contribution in [0.2, 0.25) is 5.02 Å². The van der Waals surface area contributed by atoms with Crippen LogP contribution in [0.3, 0.4) is 0 Å². The molecule has 20 heavy (non-hydrogen) atoms. The molecule has 1 N–H and O–H groups in total. The zero-order chi connectivity index (χ0) is 13.9. The molecule has 1 fully saturated rings. The number of benzene rings is 1. The maximum atomic E-state index is 6.02. The minimum Gasteiger partial charge on any atom is -0.488 e. The average molecular weight is 296 g/mol. The summed E-state index contributed by atoms with van der Waals surface area (Å²) in [6.45, 7) is 4.97. The largest absolute Gasteiger partial charge is 0.488 e. The molecule has 3 nitrogen and oxygen atoms in total. The lowest BCUT2D eigenvalue weighted by molar-refractivity contribution is 0.0546. The molecule has 0 aromatic heterocycles. The van der Waals surface area contributed by atoms with Crippen LogP contribution in [0.4, 0.5) is 0 Å². The lowest BCUT2D eigenvalue weighted by Crippen LogP contribution is -2.41. The molecule has 1 aromatic rings. The highest BCUT2D eigenvalue weighted by molar-refractivity contribution is 6.30. The van der Waals surface area contributed by atoms with E-state index in [2.05, 4.69) is 12.2 Å². The molecule has 2 heterocycles. The Hall–Kier alpha value is -0.770. The molecule has 2 aliphatic rings. The number of halogens is 1. The van der Waals surface area contributed by atoms with E-state index < -0.39 is 0 Å². The molecule has 1 aromatic carbocycles. The summed E-state index contributed by atoms with van der Waals surface area (Å²) < 4.78 is 11.4. The van der Waals surface area contributed by atoms with E-state index in [-0.39, 0.29) is 6.10 Å². The maximum absolute atomic E-state index is 6.02. The number of ether oxygens (including phenoxy) is 2. The normalized spacial score (nSPS) is 24.2. The second kappa shape index (κ2) is 6.33. The molecule has 2 aliphatic heterocycles. The summed E-state index contributed by atoms with van der Waals surface area (Å²) in [5.74, 6) is 1.71. The fraction of sp³-hybridized carbons (Fsp3) is 0.625. The smallest absolute Gasteiger partial charge is 0.123 e. The van der Waals surface area contributed by atoms with Gasteiger partial charge in [0.1, 0.15) is 11.9 Å². The van der Waals surface area contributed by atoms with Crippen molar-refractivity contribution in [2.24, 2.45) is 5.92 Å². The predicted molar refractivity (Wildman–Crippen MR) is 80.6 cm³/mol. The number of rotatable bonds is 4. The van der Waals surface area contributed by atoms with Crippen LogP contribution in [0, 0.1) is 5.92 Å². The van der Waals surface area contributed by atoms with E-state index in [1.54, 1.807) is 0 Å². The van der Waals surface area contributed by atoms with Gasteiger partial charge in [-0.15, -0.1) is 0 Å². The summed E-state index contributed by atoms with van der Waals surface area (Å²) in [6, 6.07) is 6.40. The van der Waals surface area contributed by atoms with Crippen LogP contribution in [-0.2, 0) is 11.2 Å². The molecule has 0 radical (unpaired) electrons. The van der Waals surface area contributed by atoms with E-state index in [1.807, 2.05) is 18.2 Å². The van der Waals surface area contributed by atoms with E-state index in [4.69, 9.17) is 21.1 Å². The minimum atomic E-state index is 0.228. The third kappa shape index (κ3) is 3.27. The van der Waals surface area contributed by atoms with Crippen molar-refractivity contribution in [2.45, 2.75) is 38.3 Å². The molecule has 110 valence electrons. The van der Waals surface area contributed by atoms with Gasteiger partial charge in [0.25, 0.3) is 0 Å².